The number of anilines is 3. The average Bonchev–Trinajstić information content (AvgIpc) is 3.06. The first-order chi connectivity index (χ1) is 12.6. The summed E-state index contributed by atoms with van der Waals surface area (Å²) in [5.74, 6) is -2.57. The summed E-state index contributed by atoms with van der Waals surface area (Å²) in [6, 6.07) is 18.7. The quantitative estimate of drug-likeness (QED) is 0.728. The highest BCUT2D eigenvalue weighted by molar-refractivity contribution is 6.06. The van der Waals surface area contributed by atoms with E-state index in [1.165, 1.54) is 11.6 Å². The van der Waals surface area contributed by atoms with E-state index in [9.17, 15) is 13.6 Å². The molecule has 1 amide bonds. The molecule has 5 heteroatoms. The summed E-state index contributed by atoms with van der Waals surface area (Å²) in [4.78, 5) is 14.6. The van der Waals surface area contributed by atoms with E-state index in [0.717, 1.165) is 36.5 Å². The van der Waals surface area contributed by atoms with Gasteiger partial charge in [0.2, 0.25) is 0 Å². The van der Waals surface area contributed by atoms with Gasteiger partial charge in [0.15, 0.2) is 0 Å². The Hall–Kier alpha value is -3.21. The van der Waals surface area contributed by atoms with Gasteiger partial charge in [-0.2, -0.15) is 0 Å². The number of para-hydroxylation sites is 3. The Morgan fingerprint density at radius 3 is 2.27 bits per heavy atom. The SMILES string of the molecule is O=C(Nc1ccccc1N1CCc2ccccc21)c1c(F)cccc1F. The third-order valence-electron chi connectivity index (χ3n) is 4.52. The van der Waals surface area contributed by atoms with Crippen molar-refractivity contribution in [3.05, 3.63) is 89.5 Å². The number of carbonyl (C=O) groups is 1. The first kappa shape index (κ1) is 16.3. The maximum atomic E-state index is 13.9. The molecular formula is C21H16F2N2O. The Balaban J connectivity index is 1.69. The predicted molar refractivity (Wildman–Crippen MR) is 97.9 cm³/mol. The van der Waals surface area contributed by atoms with Crippen LogP contribution in [-0.4, -0.2) is 12.5 Å². The molecule has 4 rings (SSSR count). The zero-order chi connectivity index (χ0) is 18.1. The summed E-state index contributed by atoms with van der Waals surface area (Å²) in [7, 11) is 0. The van der Waals surface area contributed by atoms with Gasteiger partial charge in [0.1, 0.15) is 17.2 Å². The number of amides is 1. The largest absolute Gasteiger partial charge is 0.339 e. The Morgan fingerprint density at radius 2 is 1.50 bits per heavy atom. The Kier molecular flexibility index (Phi) is 4.13. The number of carbonyl (C=O) groups excluding carboxylic acids is 1. The molecule has 0 aliphatic carbocycles. The number of nitrogens with one attached hydrogen (secondary N) is 1. The van der Waals surface area contributed by atoms with Crippen molar-refractivity contribution in [1.82, 2.24) is 0 Å². The summed E-state index contributed by atoms with van der Waals surface area (Å²) in [6.45, 7) is 0.778. The van der Waals surface area contributed by atoms with Crippen molar-refractivity contribution in [3.63, 3.8) is 0 Å². The van der Waals surface area contributed by atoms with Gasteiger partial charge in [0, 0.05) is 12.2 Å². The summed E-state index contributed by atoms with van der Waals surface area (Å²) in [5, 5.41) is 2.66. The molecule has 0 atom stereocenters. The summed E-state index contributed by atoms with van der Waals surface area (Å²) >= 11 is 0. The topological polar surface area (TPSA) is 32.3 Å². The summed E-state index contributed by atoms with van der Waals surface area (Å²) in [5.41, 5.74) is 3.03. The van der Waals surface area contributed by atoms with Crippen molar-refractivity contribution in [2.75, 3.05) is 16.8 Å². The minimum absolute atomic E-state index is 0.511. The van der Waals surface area contributed by atoms with Crippen LogP contribution in [0.5, 0.6) is 0 Å². The van der Waals surface area contributed by atoms with Crippen LogP contribution in [0.4, 0.5) is 25.8 Å². The van der Waals surface area contributed by atoms with Crippen LogP contribution in [0.3, 0.4) is 0 Å². The Bertz CT molecular complexity index is 967. The average molecular weight is 350 g/mol. The van der Waals surface area contributed by atoms with Gasteiger partial charge in [-0.3, -0.25) is 4.79 Å². The maximum Gasteiger partial charge on any atom is 0.261 e. The molecule has 0 unspecified atom stereocenters. The fourth-order valence-electron chi connectivity index (χ4n) is 3.30. The van der Waals surface area contributed by atoms with Crippen molar-refractivity contribution in [1.29, 1.82) is 0 Å². The van der Waals surface area contributed by atoms with Crippen LogP contribution < -0.4 is 10.2 Å². The van der Waals surface area contributed by atoms with E-state index in [1.54, 1.807) is 12.1 Å². The maximum absolute atomic E-state index is 13.9. The minimum atomic E-state index is -0.883. The first-order valence-electron chi connectivity index (χ1n) is 8.35. The van der Waals surface area contributed by atoms with E-state index in [2.05, 4.69) is 16.3 Å². The number of halogens is 2. The highest BCUT2D eigenvalue weighted by Crippen LogP contribution is 2.38. The first-order valence-corrected chi connectivity index (χ1v) is 8.35. The lowest BCUT2D eigenvalue weighted by molar-refractivity contribution is 0.101. The third kappa shape index (κ3) is 2.81. The van der Waals surface area contributed by atoms with Crippen molar-refractivity contribution >= 4 is 23.0 Å². The van der Waals surface area contributed by atoms with Crippen molar-refractivity contribution in [2.45, 2.75) is 6.42 Å². The predicted octanol–water partition coefficient (Wildman–Crippen LogP) is 4.91. The van der Waals surface area contributed by atoms with E-state index in [-0.39, 0.29) is 0 Å². The lowest BCUT2D eigenvalue weighted by atomic mass is 10.1. The zero-order valence-corrected chi connectivity index (χ0v) is 13.9. The van der Waals surface area contributed by atoms with Gasteiger partial charge in [-0.05, 0) is 42.3 Å². The lowest BCUT2D eigenvalue weighted by Crippen LogP contribution is -2.20. The van der Waals surface area contributed by atoms with Crippen LogP contribution in [0.1, 0.15) is 15.9 Å². The molecule has 0 aromatic heterocycles. The Morgan fingerprint density at radius 1 is 0.846 bits per heavy atom. The number of benzene rings is 3. The highest BCUT2D eigenvalue weighted by atomic mass is 19.1. The van der Waals surface area contributed by atoms with Crippen molar-refractivity contribution < 1.29 is 13.6 Å². The van der Waals surface area contributed by atoms with Crippen LogP contribution in [0.2, 0.25) is 0 Å². The van der Waals surface area contributed by atoms with Gasteiger partial charge in [0.05, 0.1) is 11.4 Å². The molecule has 3 aromatic carbocycles. The molecule has 1 N–H and O–H groups in total. The van der Waals surface area contributed by atoms with Crippen LogP contribution >= 0.6 is 0 Å². The highest BCUT2D eigenvalue weighted by Gasteiger charge is 2.23. The minimum Gasteiger partial charge on any atom is -0.339 e. The molecule has 0 saturated carbocycles. The van der Waals surface area contributed by atoms with E-state index >= 15 is 0 Å². The van der Waals surface area contributed by atoms with Crippen molar-refractivity contribution in [3.8, 4) is 0 Å². The molecule has 0 radical (unpaired) electrons. The number of fused-ring (bicyclic) bond motifs is 1. The summed E-state index contributed by atoms with van der Waals surface area (Å²) < 4.78 is 27.8. The molecule has 1 heterocycles. The number of hydrogen-bond donors (Lipinski definition) is 1. The molecule has 3 nitrogen and oxygen atoms in total. The molecule has 3 aromatic rings. The third-order valence-corrected chi connectivity index (χ3v) is 4.52. The van der Waals surface area contributed by atoms with Crippen LogP contribution in [0.25, 0.3) is 0 Å². The molecule has 26 heavy (non-hydrogen) atoms. The van der Waals surface area contributed by atoms with E-state index in [4.69, 9.17) is 0 Å². The lowest BCUT2D eigenvalue weighted by Gasteiger charge is -2.23. The fraction of sp³-hybridized carbons (Fsp3) is 0.0952. The molecule has 1 aliphatic rings. The number of rotatable bonds is 3. The summed E-state index contributed by atoms with van der Waals surface area (Å²) in [6.07, 6.45) is 0.903. The van der Waals surface area contributed by atoms with Gasteiger partial charge in [-0.1, -0.05) is 36.4 Å². The van der Waals surface area contributed by atoms with Gasteiger partial charge < -0.3 is 10.2 Å². The second-order valence-corrected chi connectivity index (χ2v) is 6.10. The van der Waals surface area contributed by atoms with Gasteiger partial charge in [-0.15, -0.1) is 0 Å². The standard InChI is InChI=1S/C21H16F2N2O/c22-15-7-5-8-16(23)20(15)21(26)24-17-9-2-4-11-19(17)25-13-12-14-6-1-3-10-18(14)25/h1-11H,12-13H2,(H,24,26). The van der Waals surface area contributed by atoms with Crippen LogP contribution in [-0.2, 0) is 6.42 Å². The van der Waals surface area contributed by atoms with E-state index < -0.39 is 23.1 Å². The molecule has 130 valence electrons. The molecular weight excluding hydrogens is 334 g/mol. The van der Waals surface area contributed by atoms with Crippen molar-refractivity contribution in [2.24, 2.45) is 0 Å². The molecule has 0 spiro atoms. The molecule has 0 bridgehead atoms. The fourth-order valence-corrected chi connectivity index (χ4v) is 3.30. The molecule has 1 aliphatic heterocycles. The van der Waals surface area contributed by atoms with E-state index in [0.29, 0.717) is 5.69 Å². The zero-order valence-electron chi connectivity index (χ0n) is 13.9. The number of nitrogens with zero attached hydrogens (tertiary/aromatic N) is 1. The number of hydrogen-bond acceptors (Lipinski definition) is 2. The van der Waals surface area contributed by atoms with Crippen LogP contribution in [0, 0.1) is 11.6 Å². The molecule has 0 saturated heterocycles. The smallest absolute Gasteiger partial charge is 0.261 e. The van der Waals surface area contributed by atoms with Gasteiger partial charge in [-0.25, -0.2) is 8.78 Å². The van der Waals surface area contributed by atoms with Gasteiger partial charge in [0.25, 0.3) is 5.91 Å². The Labute approximate surface area is 149 Å². The molecule has 0 fully saturated rings. The second kappa shape index (κ2) is 6.59. The van der Waals surface area contributed by atoms with Gasteiger partial charge >= 0.3 is 0 Å². The van der Waals surface area contributed by atoms with E-state index in [1.807, 2.05) is 30.3 Å². The monoisotopic (exact) mass is 350 g/mol. The van der Waals surface area contributed by atoms with Crippen LogP contribution in [0.15, 0.2) is 66.7 Å². The normalized spacial score (nSPS) is 12.8. The second-order valence-electron chi connectivity index (χ2n) is 6.10.